The van der Waals surface area contributed by atoms with E-state index in [1.165, 1.54) is 25.7 Å². The van der Waals surface area contributed by atoms with Crippen molar-refractivity contribution in [3.63, 3.8) is 0 Å². The van der Waals surface area contributed by atoms with Crippen LogP contribution in [0.3, 0.4) is 0 Å². The highest BCUT2D eigenvalue weighted by Gasteiger charge is 2.19. The summed E-state index contributed by atoms with van der Waals surface area (Å²) < 4.78 is 0. The third kappa shape index (κ3) is 3.06. The van der Waals surface area contributed by atoms with Gasteiger partial charge in [-0.15, -0.1) is 13.2 Å². The van der Waals surface area contributed by atoms with Crippen LogP contribution in [0.1, 0.15) is 25.7 Å². The minimum absolute atomic E-state index is 0.779. The van der Waals surface area contributed by atoms with Crippen LogP contribution in [0.4, 0.5) is 0 Å². The van der Waals surface area contributed by atoms with Crippen molar-refractivity contribution in [2.24, 2.45) is 5.92 Å². The topological polar surface area (TPSA) is 0 Å². The van der Waals surface area contributed by atoms with Crippen molar-refractivity contribution < 1.29 is 0 Å². The van der Waals surface area contributed by atoms with Crippen LogP contribution in [0, 0.1) is 5.92 Å². The monoisotopic (exact) mass is 182 g/mol. The molecule has 1 rings (SSSR count). The lowest BCUT2D eigenvalue weighted by Crippen LogP contribution is -2.15. The third-order valence-corrected chi connectivity index (χ3v) is 3.78. The standard InChI is InChI=1S/C11H18S/c1-3-8-12-11-7-5-6-10(4-2)9-11/h3-4,10-11H,1-2,5-9H2. The van der Waals surface area contributed by atoms with Gasteiger partial charge in [-0.05, 0) is 25.2 Å². The molecule has 0 bridgehead atoms. The molecule has 0 aliphatic heterocycles. The lowest BCUT2D eigenvalue weighted by molar-refractivity contribution is 0.430. The van der Waals surface area contributed by atoms with E-state index in [1.807, 2.05) is 6.08 Å². The van der Waals surface area contributed by atoms with Crippen LogP contribution in [-0.2, 0) is 0 Å². The minimum Gasteiger partial charge on any atom is -0.154 e. The predicted octanol–water partition coefficient (Wildman–Crippen LogP) is 3.65. The van der Waals surface area contributed by atoms with Crippen molar-refractivity contribution in [3.8, 4) is 0 Å². The first-order valence-electron chi connectivity index (χ1n) is 4.72. The van der Waals surface area contributed by atoms with Crippen molar-refractivity contribution in [3.05, 3.63) is 25.3 Å². The largest absolute Gasteiger partial charge is 0.154 e. The minimum atomic E-state index is 0.779. The summed E-state index contributed by atoms with van der Waals surface area (Å²) in [5, 5.41) is 0.861. The maximum absolute atomic E-state index is 3.87. The molecule has 1 fully saturated rings. The molecule has 0 radical (unpaired) electrons. The molecule has 68 valence electrons. The Balaban J connectivity index is 2.25. The van der Waals surface area contributed by atoms with Crippen molar-refractivity contribution in [2.45, 2.75) is 30.9 Å². The molecule has 12 heavy (non-hydrogen) atoms. The highest BCUT2D eigenvalue weighted by atomic mass is 32.2. The van der Waals surface area contributed by atoms with E-state index in [9.17, 15) is 0 Å². The number of hydrogen-bond donors (Lipinski definition) is 0. The molecule has 0 spiro atoms. The van der Waals surface area contributed by atoms with E-state index in [-0.39, 0.29) is 0 Å². The molecule has 0 nitrogen and oxygen atoms in total. The highest BCUT2D eigenvalue weighted by molar-refractivity contribution is 8.00. The average Bonchev–Trinajstić information content (AvgIpc) is 2.15. The Morgan fingerprint density at radius 1 is 1.33 bits per heavy atom. The quantitative estimate of drug-likeness (QED) is 0.598. The van der Waals surface area contributed by atoms with Crippen molar-refractivity contribution in [1.82, 2.24) is 0 Å². The Bertz CT molecular complexity index is 151. The van der Waals surface area contributed by atoms with E-state index >= 15 is 0 Å². The molecule has 0 amide bonds. The first-order chi connectivity index (χ1) is 5.86. The summed E-state index contributed by atoms with van der Waals surface area (Å²) in [7, 11) is 0. The zero-order valence-electron chi connectivity index (χ0n) is 7.67. The second kappa shape index (κ2) is 5.47. The normalized spacial score (nSPS) is 29.7. The van der Waals surface area contributed by atoms with Gasteiger partial charge in [0.05, 0.1) is 0 Å². The molecule has 1 aliphatic carbocycles. The zero-order valence-corrected chi connectivity index (χ0v) is 8.48. The van der Waals surface area contributed by atoms with E-state index < -0.39 is 0 Å². The summed E-state index contributed by atoms with van der Waals surface area (Å²) in [4.78, 5) is 0. The van der Waals surface area contributed by atoms with Crippen LogP contribution in [0.2, 0.25) is 0 Å². The van der Waals surface area contributed by atoms with Crippen LogP contribution >= 0.6 is 11.8 Å². The Hall–Kier alpha value is -0.170. The van der Waals surface area contributed by atoms with E-state index in [2.05, 4.69) is 31.0 Å². The van der Waals surface area contributed by atoms with Gasteiger partial charge in [0.2, 0.25) is 0 Å². The lowest BCUT2D eigenvalue weighted by Gasteiger charge is -2.26. The van der Waals surface area contributed by atoms with Crippen LogP contribution in [0.5, 0.6) is 0 Å². The number of rotatable bonds is 4. The molecule has 1 aliphatic rings. The molecule has 0 aromatic rings. The molecule has 1 heteroatoms. The molecular weight excluding hydrogens is 164 g/mol. The van der Waals surface area contributed by atoms with Gasteiger partial charge >= 0.3 is 0 Å². The zero-order chi connectivity index (χ0) is 8.81. The lowest BCUT2D eigenvalue weighted by atomic mass is 9.89. The number of thioether (sulfide) groups is 1. The first kappa shape index (κ1) is 9.91. The SMILES string of the molecule is C=CCSC1CCCC(C=C)C1. The maximum Gasteiger partial charge on any atom is 0.0113 e. The van der Waals surface area contributed by atoms with Gasteiger partial charge in [-0.25, -0.2) is 0 Å². The summed E-state index contributed by atoms with van der Waals surface area (Å²) in [5.74, 6) is 1.88. The fraction of sp³-hybridized carbons (Fsp3) is 0.636. The van der Waals surface area contributed by atoms with Crippen molar-refractivity contribution in [1.29, 1.82) is 0 Å². The fourth-order valence-electron chi connectivity index (χ4n) is 1.75. The second-order valence-corrected chi connectivity index (χ2v) is 4.74. The van der Waals surface area contributed by atoms with Gasteiger partial charge in [0.1, 0.15) is 0 Å². The van der Waals surface area contributed by atoms with E-state index in [4.69, 9.17) is 0 Å². The molecule has 0 aromatic heterocycles. The molecule has 0 heterocycles. The van der Waals surface area contributed by atoms with E-state index in [0.717, 1.165) is 16.9 Å². The van der Waals surface area contributed by atoms with Crippen LogP contribution in [-0.4, -0.2) is 11.0 Å². The Kier molecular flexibility index (Phi) is 4.52. The van der Waals surface area contributed by atoms with E-state index in [0.29, 0.717) is 0 Å². The van der Waals surface area contributed by atoms with Gasteiger partial charge in [-0.3, -0.25) is 0 Å². The highest BCUT2D eigenvalue weighted by Crippen LogP contribution is 2.32. The summed E-state index contributed by atoms with van der Waals surface area (Å²) in [6, 6.07) is 0. The molecular formula is C11H18S. The molecule has 0 saturated heterocycles. The smallest absolute Gasteiger partial charge is 0.0113 e. The number of allylic oxidation sites excluding steroid dienone is 1. The van der Waals surface area contributed by atoms with Crippen molar-refractivity contribution in [2.75, 3.05) is 5.75 Å². The fourth-order valence-corrected chi connectivity index (χ4v) is 2.88. The summed E-state index contributed by atoms with van der Waals surface area (Å²) in [6.07, 6.45) is 9.59. The predicted molar refractivity (Wildman–Crippen MR) is 58.6 cm³/mol. The molecule has 2 unspecified atom stereocenters. The van der Waals surface area contributed by atoms with Gasteiger partial charge in [0.15, 0.2) is 0 Å². The first-order valence-corrected chi connectivity index (χ1v) is 5.76. The Morgan fingerprint density at radius 2 is 2.17 bits per heavy atom. The Labute approximate surface area is 80.1 Å². The summed E-state index contributed by atoms with van der Waals surface area (Å²) >= 11 is 2.05. The average molecular weight is 182 g/mol. The molecule has 0 N–H and O–H groups in total. The van der Waals surface area contributed by atoms with Crippen LogP contribution < -0.4 is 0 Å². The van der Waals surface area contributed by atoms with E-state index in [1.54, 1.807) is 0 Å². The molecule has 2 atom stereocenters. The van der Waals surface area contributed by atoms with Crippen molar-refractivity contribution >= 4 is 11.8 Å². The summed E-state index contributed by atoms with van der Waals surface area (Å²) in [6.45, 7) is 7.61. The van der Waals surface area contributed by atoms with Gasteiger partial charge < -0.3 is 0 Å². The Morgan fingerprint density at radius 3 is 2.83 bits per heavy atom. The number of hydrogen-bond acceptors (Lipinski definition) is 1. The van der Waals surface area contributed by atoms with Gasteiger partial charge in [0, 0.05) is 11.0 Å². The van der Waals surface area contributed by atoms with Gasteiger partial charge in [-0.1, -0.05) is 18.6 Å². The maximum atomic E-state index is 3.87. The van der Waals surface area contributed by atoms with Gasteiger partial charge in [0.25, 0.3) is 0 Å². The third-order valence-electron chi connectivity index (χ3n) is 2.45. The second-order valence-electron chi connectivity index (χ2n) is 3.41. The van der Waals surface area contributed by atoms with Crippen LogP contribution in [0.25, 0.3) is 0 Å². The molecule has 1 saturated carbocycles. The van der Waals surface area contributed by atoms with Crippen LogP contribution in [0.15, 0.2) is 25.3 Å². The van der Waals surface area contributed by atoms with Gasteiger partial charge in [-0.2, -0.15) is 11.8 Å². The molecule has 0 aromatic carbocycles. The summed E-state index contributed by atoms with van der Waals surface area (Å²) in [5.41, 5.74) is 0.